The Hall–Kier alpha value is -3.87. The number of rotatable bonds is 6. The molecule has 1 N–H and O–H groups in total. The summed E-state index contributed by atoms with van der Waals surface area (Å²) in [7, 11) is 3.83. The van der Waals surface area contributed by atoms with Crippen molar-refractivity contribution in [1.29, 1.82) is 0 Å². The Morgan fingerprint density at radius 1 is 1.03 bits per heavy atom. The lowest BCUT2D eigenvalue weighted by Crippen LogP contribution is -2.30. The summed E-state index contributed by atoms with van der Waals surface area (Å²) in [5.74, 6) is -3.62. The molecule has 32 heavy (non-hydrogen) atoms. The molecule has 2 atom stereocenters. The van der Waals surface area contributed by atoms with E-state index in [0.29, 0.717) is 5.56 Å². The zero-order chi connectivity index (χ0) is 22.8. The van der Waals surface area contributed by atoms with Gasteiger partial charge in [0.15, 0.2) is 18.2 Å². The van der Waals surface area contributed by atoms with Crippen LogP contribution >= 0.6 is 0 Å². The van der Waals surface area contributed by atoms with Crippen molar-refractivity contribution in [2.75, 3.05) is 19.0 Å². The fraction of sp³-hybridized carbons (Fsp3) is 0.200. The van der Waals surface area contributed by atoms with Gasteiger partial charge in [-0.05, 0) is 48.0 Å². The second-order valence-electron chi connectivity index (χ2n) is 7.99. The van der Waals surface area contributed by atoms with Crippen LogP contribution in [0.2, 0.25) is 0 Å². The van der Waals surface area contributed by atoms with Crippen molar-refractivity contribution in [3.8, 4) is 0 Å². The molecule has 0 aliphatic carbocycles. The van der Waals surface area contributed by atoms with Gasteiger partial charge in [0.2, 0.25) is 5.78 Å². The Kier molecular flexibility index (Phi) is 5.81. The van der Waals surface area contributed by atoms with E-state index in [9.17, 15) is 18.8 Å². The van der Waals surface area contributed by atoms with E-state index in [1.807, 2.05) is 49.3 Å². The van der Waals surface area contributed by atoms with Gasteiger partial charge in [0.05, 0.1) is 12.6 Å². The molecule has 1 fully saturated rings. The molecule has 1 amide bonds. The maximum absolute atomic E-state index is 13.4. The number of amides is 1. The summed E-state index contributed by atoms with van der Waals surface area (Å²) < 4.78 is 13.4. The molecule has 1 aromatic heterocycles. The lowest BCUT2D eigenvalue weighted by Gasteiger charge is -2.27. The van der Waals surface area contributed by atoms with Crippen LogP contribution in [-0.2, 0) is 16.1 Å². The third kappa shape index (κ3) is 4.01. The first kappa shape index (κ1) is 21.4. The molecule has 1 aliphatic heterocycles. The molecule has 0 radical (unpaired) electrons. The Morgan fingerprint density at radius 2 is 1.72 bits per heavy atom. The topological polar surface area (TPSA) is 71.8 Å². The highest BCUT2D eigenvalue weighted by Crippen LogP contribution is 2.39. The second kappa shape index (κ2) is 8.70. The standard InChI is InChI=1S/C25H22FN3O3/c1-28(2)20-11-7-17(8-12-20)22-21(23(30)18-5-9-19(26)10-6-18)24(31)25(32)29(22)15-16-4-3-13-27-14-16/h3-14,21-22H,15H2,1-2H3/p+1. The number of aromatic nitrogens is 1. The first-order chi connectivity index (χ1) is 15.4. The van der Waals surface area contributed by atoms with Gasteiger partial charge in [0.25, 0.3) is 5.91 Å². The molecular formula is C25H23FN3O3+. The summed E-state index contributed by atoms with van der Waals surface area (Å²) >= 11 is 0. The number of nitrogens with one attached hydrogen (secondary N) is 1. The number of carbonyl (C=O) groups is 3. The number of Topliss-reactive ketones (excluding diaryl/α,β-unsaturated/α-hetero) is 2. The zero-order valence-electron chi connectivity index (χ0n) is 17.8. The number of H-pyrrole nitrogens is 1. The Balaban J connectivity index is 1.77. The molecular weight excluding hydrogens is 409 g/mol. The van der Waals surface area contributed by atoms with Crippen LogP contribution < -0.4 is 9.88 Å². The SMILES string of the molecule is CN(C)c1ccc(C2C(C(=O)c3ccc(F)cc3)C(=O)C(=O)N2Cc2ccc[nH+]c2)cc1. The predicted molar refractivity (Wildman–Crippen MR) is 116 cm³/mol. The summed E-state index contributed by atoms with van der Waals surface area (Å²) in [6.07, 6.45) is 3.50. The van der Waals surface area contributed by atoms with Gasteiger partial charge in [-0.3, -0.25) is 14.4 Å². The number of carbonyl (C=O) groups excluding carboxylic acids is 3. The summed E-state index contributed by atoms with van der Waals surface area (Å²) in [5, 5.41) is 0. The predicted octanol–water partition coefficient (Wildman–Crippen LogP) is 2.86. The number of ketones is 2. The third-order valence-electron chi connectivity index (χ3n) is 5.69. The molecule has 0 saturated carbocycles. The molecule has 1 saturated heterocycles. The van der Waals surface area contributed by atoms with Crippen molar-refractivity contribution in [3.05, 3.63) is 95.6 Å². The van der Waals surface area contributed by atoms with Crippen molar-refractivity contribution < 1.29 is 23.8 Å². The highest BCUT2D eigenvalue weighted by Gasteiger charge is 2.51. The molecule has 3 aromatic rings. The monoisotopic (exact) mass is 432 g/mol. The Labute approximate surface area is 185 Å². The number of benzene rings is 2. The van der Waals surface area contributed by atoms with Crippen LogP contribution in [0.25, 0.3) is 0 Å². The normalized spacial score (nSPS) is 18.2. The molecule has 7 heteroatoms. The van der Waals surface area contributed by atoms with Crippen LogP contribution in [0.5, 0.6) is 0 Å². The molecule has 2 aromatic carbocycles. The number of aromatic amines is 1. The van der Waals surface area contributed by atoms with E-state index < -0.39 is 35.3 Å². The fourth-order valence-corrected chi connectivity index (χ4v) is 4.02. The van der Waals surface area contributed by atoms with Gasteiger partial charge in [-0.2, -0.15) is 0 Å². The van der Waals surface area contributed by atoms with Gasteiger partial charge in [-0.15, -0.1) is 0 Å². The molecule has 1 aliphatic rings. The first-order valence-electron chi connectivity index (χ1n) is 10.2. The minimum absolute atomic E-state index is 0.176. The number of likely N-dealkylation sites (tertiary alicyclic amines) is 1. The number of hydrogen-bond donors (Lipinski definition) is 0. The zero-order valence-corrected chi connectivity index (χ0v) is 17.8. The lowest BCUT2D eigenvalue weighted by atomic mass is 9.86. The van der Waals surface area contributed by atoms with Crippen molar-refractivity contribution in [2.45, 2.75) is 12.6 Å². The smallest absolute Gasteiger partial charge is 0.291 e. The van der Waals surface area contributed by atoms with Crippen LogP contribution in [0.4, 0.5) is 10.1 Å². The summed E-state index contributed by atoms with van der Waals surface area (Å²) in [5.41, 5.74) is 2.64. The molecule has 2 unspecified atom stereocenters. The first-order valence-corrected chi connectivity index (χ1v) is 10.2. The van der Waals surface area contributed by atoms with Gasteiger partial charge in [0, 0.05) is 37.0 Å². The van der Waals surface area contributed by atoms with Gasteiger partial charge >= 0.3 is 0 Å². The second-order valence-corrected chi connectivity index (χ2v) is 7.99. The Bertz CT molecular complexity index is 1150. The average Bonchev–Trinajstić information content (AvgIpc) is 3.05. The van der Waals surface area contributed by atoms with E-state index in [-0.39, 0.29) is 12.1 Å². The maximum Gasteiger partial charge on any atom is 0.291 e. The van der Waals surface area contributed by atoms with E-state index in [1.54, 1.807) is 18.5 Å². The fourth-order valence-electron chi connectivity index (χ4n) is 4.02. The molecule has 6 nitrogen and oxygen atoms in total. The van der Waals surface area contributed by atoms with E-state index in [2.05, 4.69) is 4.98 Å². The minimum atomic E-state index is -1.20. The van der Waals surface area contributed by atoms with Gasteiger partial charge in [-0.25, -0.2) is 9.37 Å². The number of anilines is 1. The minimum Gasteiger partial charge on any atom is -0.378 e. The van der Waals surface area contributed by atoms with E-state index in [0.717, 1.165) is 11.3 Å². The van der Waals surface area contributed by atoms with Gasteiger partial charge in [0.1, 0.15) is 11.7 Å². The van der Waals surface area contributed by atoms with Crippen LogP contribution in [0.15, 0.2) is 73.1 Å². The number of pyridine rings is 1. The highest BCUT2D eigenvalue weighted by molar-refractivity contribution is 6.44. The van der Waals surface area contributed by atoms with Crippen LogP contribution in [0.3, 0.4) is 0 Å². The Morgan fingerprint density at radius 3 is 2.31 bits per heavy atom. The molecule has 0 bridgehead atoms. The van der Waals surface area contributed by atoms with Crippen molar-refractivity contribution in [1.82, 2.24) is 4.90 Å². The van der Waals surface area contributed by atoms with Crippen LogP contribution in [0.1, 0.15) is 27.5 Å². The molecule has 162 valence electrons. The van der Waals surface area contributed by atoms with Gasteiger partial charge in [-0.1, -0.05) is 12.1 Å². The quantitative estimate of drug-likeness (QED) is 0.341. The van der Waals surface area contributed by atoms with Crippen molar-refractivity contribution in [2.24, 2.45) is 5.92 Å². The third-order valence-corrected chi connectivity index (χ3v) is 5.69. The van der Waals surface area contributed by atoms with Crippen molar-refractivity contribution >= 4 is 23.2 Å². The van der Waals surface area contributed by atoms with Gasteiger partial charge < -0.3 is 9.80 Å². The van der Waals surface area contributed by atoms with Crippen LogP contribution in [-0.4, -0.2) is 36.5 Å². The molecule has 0 spiro atoms. The summed E-state index contributed by atoms with van der Waals surface area (Å²) in [6, 6.07) is 15.4. The lowest BCUT2D eigenvalue weighted by molar-refractivity contribution is -0.378. The largest absolute Gasteiger partial charge is 0.378 e. The highest BCUT2D eigenvalue weighted by atomic mass is 19.1. The summed E-state index contributed by atoms with van der Waals surface area (Å²) in [6.45, 7) is 0.176. The van der Waals surface area contributed by atoms with E-state index >= 15 is 0 Å². The van der Waals surface area contributed by atoms with Crippen LogP contribution in [0, 0.1) is 11.7 Å². The number of halogens is 1. The van der Waals surface area contributed by atoms with Crippen molar-refractivity contribution in [3.63, 3.8) is 0 Å². The molecule has 4 rings (SSSR count). The maximum atomic E-state index is 13.4. The van der Waals surface area contributed by atoms with E-state index in [4.69, 9.17) is 0 Å². The number of hydrogen-bond acceptors (Lipinski definition) is 4. The summed E-state index contributed by atoms with van der Waals surface area (Å²) in [4.78, 5) is 45.7. The number of nitrogens with zero attached hydrogens (tertiary/aromatic N) is 2. The molecule has 2 heterocycles. The van der Waals surface area contributed by atoms with E-state index in [1.165, 1.54) is 29.2 Å². The average molecular weight is 432 g/mol.